The van der Waals surface area contributed by atoms with Crippen LogP contribution in [-0.2, 0) is 6.42 Å². The SMILES string of the molecule is CCCNCC(CC1Cc2ccccc2S1)C(C)C. The van der Waals surface area contributed by atoms with Gasteiger partial charge in [-0.3, -0.25) is 0 Å². The summed E-state index contributed by atoms with van der Waals surface area (Å²) in [6.07, 6.45) is 3.83. The fourth-order valence-electron chi connectivity index (χ4n) is 2.78. The summed E-state index contributed by atoms with van der Waals surface area (Å²) in [6.45, 7) is 9.30. The van der Waals surface area contributed by atoms with Gasteiger partial charge in [-0.25, -0.2) is 0 Å². The van der Waals surface area contributed by atoms with Crippen LogP contribution >= 0.6 is 11.8 Å². The minimum absolute atomic E-state index is 0.772. The summed E-state index contributed by atoms with van der Waals surface area (Å²) in [7, 11) is 0. The Hall–Kier alpha value is -0.470. The quantitative estimate of drug-likeness (QED) is 0.743. The van der Waals surface area contributed by atoms with Gasteiger partial charge in [0.25, 0.3) is 0 Å². The van der Waals surface area contributed by atoms with E-state index in [2.05, 4.69) is 62.1 Å². The van der Waals surface area contributed by atoms with E-state index in [1.165, 1.54) is 30.7 Å². The average Bonchev–Trinajstić information content (AvgIpc) is 2.80. The molecule has 1 aliphatic rings. The van der Waals surface area contributed by atoms with E-state index in [1.54, 1.807) is 5.56 Å². The number of hydrogen-bond donors (Lipinski definition) is 1. The van der Waals surface area contributed by atoms with Gasteiger partial charge in [0, 0.05) is 10.1 Å². The predicted octanol–water partition coefficient (Wildman–Crippen LogP) is 4.37. The van der Waals surface area contributed by atoms with Crippen molar-refractivity contribution in [3.63, 3.8) is 0 Å². The second-order valence-corrected chi connectivity index (χ2v) is 7.34. The van der Waals surface area contributed by atoms with E-state index < -0.39 is 0 Å². The average molecular weight is 277 g/mol. The lowest BCUT2D eigenvalue weighted by Crippen LogP contribution is -2.29. The van der Waals surface area contributed by atoms with Crippen molar-refractivity contribution >= 4 is 11.8 Å². The Morgan fingerprint density at radius 1 is 1.32 bits per heavy atom. The summed E-state index contributed by atoms with van der Waals surface area (Å²) in [6, 6.07) is 8.91. The number of benzene rings is 1. The molecule has 0 saturated carbocycles. The fourth-order valence-corrected chi connectivity index (χ4v) is 4.20. The third-order valence-corrected chi connectivity index (χ3v) is 5.40. The fraction of sp³-hybridized carbons (Fsp3) is 0.647. The van der Waals surface area contributed by atoms with Crippen LogP contribution in [0.15, 0.2) is 29.2 Å². The molecule has 0 radical (unpaired) electrons. The van der Waals surface area contributed by atoms with E-state index in [-0.39, 0.29) is 0 Å². The first-order valence-electron chi connectivity index (χ1n) is 7.66. The number of hydrogen-bond acceptors (Lipinski definition) is 2. The highest BCUT2D eigenvalue weighted by Gasteiger charge is 2.25. The molecule has 0 spiro atoms. The van der Waals surface area contributed by atoms with Gasteiger partial charge in [-0.2, -0.15) is 0 Å². The van der Waals surface area contributed by atoms with Crippen molar-refractivity contribution in [1.82, 2.24) is 5.32 Å². The molecule has 1 aliphatic heterocycles. The maximum Gasteiger partial charge on any atom is 0.0138 e. The Labute approximate surface area is 122 Å². The van der Waals surface area contributed by atoms with Crippen molar-refractivity contribution in [1.29, 1.82) is 0 Å². The highest BCUT2D eigenvalue weighted by molar-refractivity contribution is 8.00. The first-order valence-corrected chi connectivity index (χ1v) is 8.54. The van der Waals surface area contributed by atoms with Crippen LogP contribution < -0.4 is 5.32 Å². The molecule has 1 aromatic rings. The first-order chi connectivity index (χ1) is 9.20. The lowest BCUT2D eigenvalue weighted by Gasteiger charge is -2.24. The van der Waals surface area contributed by atoms with Crippen LogP contribution in [0, 0.1) is 11.8 Å². The standard InChI is InChI=1S/C17H27NS/c1-4-9-18-12-15(13(2)3)11-16-10-14-7-5-6-8-17(14)19-16/h5-8,13,15-16,18H,4,9-12H2,1-3H3. The molecule has 0 aliphatic carbocycles. The molecule has 106 valence electrons. The first kappa shape index (κ1) is 14.9. The smallest absolute Gasteiger partial charge is 0.0138 e. The molecule has 1 nitrogen and oxygen atoms in total. The minimum atomic E-state index is 0.772. The molecule has 19 heavy (non-hydrogen) atoms. The second kappa shape index (κ2) is 7.35. The number of fused-ring (bicyclic) bond motifs is 1. The van der Waals surface area contributed by atoms with Gasteiger partial charge in [0.1, 0.15) is 0 Å². The molecule has 1 N–H and O–H groups in total. The Kier molecular flexibility index (Phi) is 5.77. The molecule has 1 aromatic carbocycles. The molecule has 2 atom stereocenters. The van der Waals surface area contributed by atoms with Crippen molar-refractivity contribution in [2.75, 3.05) is 13.1 Å². The van der Waals surface area contributed by atoms with Gasteiger partial charge in [-0.1, -0.05) is 39.0 Å². The number of nitrogens with one attached hydrogen (secondary N) is 1. The van der Waals surface area contributed by atoms with E-state index in [1.807, 2.05) is 0 Å². The van der Waals surface area contributed by atoms with Crippen LogP contribution in [0.4, 0.5) is 0 Å². The lowest BCUT2D eigenvalue weighted by molar-refractivity contribution is 0.338. The summed E-state index contributed by atoms with van der Waals surface area (Å²) in [4.78, 5) is 1.51. The predicted molar refractivity (Wildman–Crippen MR) is 85.9 cm³/mol. The van der Waals surface area contributed by atoms with Crippen molar-refractivity contribution in [3.05, 3.63) is 29.8 Å². The summed E-state index contributed by atoms with van der Waals surface area (Å²) in [5, 5.41) is 4.39. The highest BCUT2D eigenvalue weighted by atomic mass is 32.2. The van der Waals surface area contributed by atoms with E-state index in [0.29, 0.717) is 0 Å². The maximum absolute atomic E-state index is 3.60. The van der Waals surface area contributed by atoms with Crippen LogP contribution in [0.3, 0.4) is 0 Å². The second-order valence-electron chi connectivity index (χ2n) is 6.00. The number of rotatable bonds is 7. The molecular formula is C17H27NS. The zero-order valence-corrected chi connectivity index (χ0v) is 13.3. The Balaban J connectivity index is 1.86. The highest BCUT2D eigenvalue weighted by Crippen LogP contribution is 2.40. The van der Waals surface area contributed by atoms with Crippen LogP contribution in [0.25, 0.3) is 0 Å². The van der Waals surface area contributed by atoms with Crippen molar-refractivity contribution in [2.45, 2.75) is 50.2 Å². The molecule has 0 aromatic heterocycles. The van der Waals surface area contributed by atoms with Gasteiger partial charge in [-0.05, 0) is 55.8 Å². The van der Waals surface area contributed by atoms with Gasteiger partial charge in [-0.15, -0.1) is 11.8 Å². The molecule has 1 heterocycles. The van der Waals surface area contributed by atoms with Crippen LogP contribution in [0.1, 0.15) is 39.2 Å². The summed E-state index contributed by atoms with van der Waals surface area (Å²) < 4.78 is 0. The van der Waals surface area contributed by atoms with Crippen molar-refractivity contribution in [2.24, 2.45) is 11.8 Å². The largest absolute Gasteiger partial charge is 0.316 e. The molecule has 0 amide bonds. The van der Waals surface area contributed by atoms with E-state index >= 15 is 0 Å². The normalized spacial score (nSPS) is 19.7. The molecule has 2 rings (SSSR count). The van der Waals surface area contributed by atoms with Gasteiger partial charge in [0.05, 0.1) is 0 Å². The van der Waals surface area contributed by atoms with Crippen molar-refractivity contribution in [3.8, 4) is 0 Å². The summed E-state index contributed by atoms with van der Waals surface area (Å²) >= 11 is 2.09. The van der Waals surface area contributed by atoms with Gasteiger partial charge < -0.3 is 5.32 Å². The maximum atomic E-state index is 3.60. The topological polar surface area (TPSA) is 12.0 Å². The van der Waals surface area contributed by atoms with Gasteiger partial charge >= 0.3 is 0 Å². The summed E-state index contributed by atoms with van der Waals surface area (Å²) in [5.41, 5.74) is 1.56. The zero-order valence-electron chi connectivity index (χ0n) is 12.5. The summed E-state index contributed by atoms with van der Waals surface area (Å²) in [5.74, 6) is 1.58. The van der Waals surface area contributed by atoms with E-state index in [0.717, 1.165) is 23.6 Å². The molecule has 2 heteroatoms. The van der Waals surface area contributed by atoms with Crippen LogP contribution in [0.5, 0.6) is 0 Å². The minimum Gasteiger partial charge on any atom is -0.316 e. The molecule has 2 unspecified atom stereocenters. The Morgan fingerprint density at radius 2 is 2.11 bits per heavy atom. The van der Waals surface area contributed by atoms with Gasteiger partial charge in [0.2, 0.25) is 0 Å². The van der Waals surface area contributed by atoms with E-state index in [4.69, 9.17) is 0 Å². The molecule has 0 saturated heterocycles. The Morgan fingerprint density at radius 3 is 2.79 bits per heavy atom. The molecule has 0 fully saturated rings. The molecule has 0 bridgehead atoms. The molecular weight excluding hydrogens is 250 g/mol. The Bertz CT molecular complexity index is 364. The number of thioether (sulfide) groups is 1. The van der Waals surface area contributed by atoms with Crippen molar-refractivity contribution < 1.29 is 0 Å². The van der Waals surface area contributed by atoms with Gasteiger partial charge in [0.15, 0.2) is 0 Å². The zero-order chi connectivity index (χ0) is 13.7. The van der Waals surface area contributed by atoms with Crippen LogP contribution in [0.2, 0.25) is 0 Å². The monoisotopic (exact) mass is 277 g/mol. The van der Waals surface area contributed by atoms with E-state index in [9.17, 15) is 0 Å². The third-order valence-electron chi connectivity index (χ3n) is 4.06. The lowest BCUT2D eigenvalue weighted by atomic mass is 9.89. The van der Waals surface area contributed by atoms with Crippen LogP contribution in [-0.4, -0.2) is 18.3 Å². The third kappa shape index (κ3) is 4.25.